The van der Waals surface area contributed by atoms with Gasteiger partial charge in [0.1, 0.15) is 5.15 Å². The first-order chi connectivity index (χ1) is 12.2. The minimum absolute atomic E-state index is 0.139. The van der Waals surface area contributed by atoms with Gasteiger partial charge in [0, 0.05) is 49.6 Å². The normalized spacial score (nSPS) is 12.0. The fourth-order valence-corrected chi connectivity index (χ4v) is 3.15. The van der Waals surface area contributed by atoms with E-state index in [0.29, 0.717) is 11.7 Å². The van der Waals surface area contributed by atoms with Crippen molar-refractivity contribution in [3.8, 4) is 16.9 Å². The molecule has 0 radical (unpaired) electrons. The van der Waals surface area contributed by atoms with Crippen molar-refractivity contribution < 1.29 is 8.78 Å². The molecule has 3 aromatic heterocycles. The predicted molar refractivity (Wildman–Crippen MR) is 95.6 cm³/mol. The molecule has 0 bridgehead atoms. The van der Waals surface area contributed by atoms with Crippen LogP contribution in [0.25, 0.3) is 16.9 Å². The number of rotatable bonds is 5. The summed E-state index contributed by atoms with van der Waals surface area (Å²) in [6.07, 6.45) is 4.92. The Kier molecular flexibility index (Phi) is 4.81. The first kappa shape index (κ1) is 18.5. The van der Waals surface area contributed by atoms with Crippen LogP contribution in [0.3, 0.4) is 0 Å². The Labute approximate surface area is 154 Å². The van der Waals surface area contributed by atoms with Crippen LogP contribution in [-0.4, -0.2) is 31.6 Å². The van der Waals surface area contributed by atoms with E-state index < -0.39 is 5.92 Å². The molecule has 0 atom stereocenters. The average Bonchev–Trinajstić information content (AvgIpc) is 3.13. The van der Waals surface area contributed by atoms with Crippen molar-refractivity contribution in [1.29, 1.82) is 0 Å². The summed E-state index contributed by atoms with van der Waals surface area (Å²) in [6, 6.07) is 1.90. The summed E-state index contributed by atoms with van der Waals surface area (Å²) in [4.78, 5) is 4.19. The molecule has 0 aliphatic heterocycles. The second kappa shape index (κ2) is 6.77. The summed E-state index contributed by atoms with van der Waals surface area (Å²) in [7, 11) is 3.44. The third kappa shape index (κ3) is 3.34. The van der Waals surface area contributed by atoms with Crippen molar-refractivity contribution in [3.05, 3.63) is 46.6 Å². The van der Waals surface area contributed by atoms with Crippen LogP contribution in [-0.2, 0) is 19.5 Å². The zero-order chi connectivity index (χ0) is 19.1. The Balaban J connectivity index is 2.06. The van der Waals surface area contributed by atoms with E-state index in [9.17, 15) is 8.78 Å². The van der Waals surface area contributed by atoms with Gasteiger partial charge in [0.25, 0.3) is 5.92 Å². The Hall–Kier alpha value is -2.32. The number of hydrogen-bond acceptors (Lipinski definition) is 4. The lowest BCUT2D eigenvalue weighted by Crippen LogP contribution is -2.14. The van der Waals surface area contributed by atoms with Crippen molar-refractivity contribution in [2.24, 2.45) is 7.05 Å². The minimum Gasteiger partial charge on any atom is -0.316 e. The lowest BCUT2D eigenvalue weighted by Gasteiger charge is -2.12. The number of nitrogens with zero attached hydrogens (tertiary/aromatic N) is 5. The van der Waals surface area contributed by atoms with Gasteiger partial charge in [-0.05, 0) is 20.0 Å². The van der Waals surface area contributed by atoms with E-state index in [-0.39, 0.29) is 17.1 Å². The second-order valence-corrected chi connectivity index (χ2v) is 6.53. The molecule has 3 aromatic rings. The fourth-order valence-electron chi connectivity index (χ4n) is 2.98. The van der Waals surface area contributed by atoms with Crippen LogP contribution in [0.1, 0.15) is 23.7 Å². The molecule has 0 amide bonds. The standard InChI is InChI=1S/C17H19ClF2N6/c1-10-14(17(2,19)20)16(25(4)24-10)26-9-13(8-23-26)11-5-12(6-21-3)15(18)22-7-11/h5,7-9,21H,6H2,1-4H3. The van der Waals surface area contributed by atoms with E-state index in [1.165, 1.54) is 9.36 Å². The number of alkyl halides is 2. The largest absolute Gasteiger partial charge is 0.316 e. The van der Waals surface area contributed by atoms with Crippen LogP contribution >= 0.6 is 11.6 Å². The molecule has 6 nitrogen and oxygen atoms in total. The van der Waals surface area contributed by atoms with Gasteiger partial charge in [-0.15, -0.1) is 0 Å². The first-order valence-corrected chi connectivity index (χ1v) is 8.36. The number of halogens is 3. The molecule has 26 heavy (non-hydrogen) atoms. The molecule has 0 aliphatic carbocycles. The van der Waals surface area contributed by atoms with Gasteiger partial charge in [-0.3, -0.25) is 4.68 Å². The molecule has 9 heteroatoms. The van der Waals surface area contributed by atoms with Gasteiger partial charge in [0.05, 0.1) is 17.5 Å². The van der Waals surface area contributed by atoms with Crippen LogP contribution in [0.5, 0.6) is 0 Å². The highest BCUT2D eigenvalue weighted by atomic mass is 35.5. The highest BCUT2D eigenvalue weighted by Crippen LogP contribution is 2.34. The van der Waals surface area contributed by atoms with Gasteiger partial charge in [-0.1, -0.05) is 11.6 Å². The molecular formula is C17H19ClF2N6. The van der Waals surface area contributed by atoms with Gasteiger partial charge in [-0.2, -0.15) is 10.2 Å². The SMILES string of the molecule is CNCc1cc(-c2cnn(-c3c(C(C)(F)F)c(C)nn3C)c2)cnc1Cl. The second-order valence-electron chi connectivity index (χ2n) is 6.17. The first-order valence-electron chi connectivity index (χ1n) is 7.98. The summed E-state index contributed by atoms with van der Waals surface area (Å²) in [5, 5.41) is 11.8. The van der Waals surface area contributed by atoms with Crippen molar-refractivity contribution in [1.82, 2.24) is 29.9 Å². The summed E-state index contributed by atoms with van der Waals surface area (Å²) in [5.74, 6) is -2.79. The van der Waals surface area contributed by atoms with E-state index in [1.54, 1.807) is 32.6 Å². The number of aromatic nitrogens is 5. The highest BCUT2D eigenvalue weighted by Gasteiger charge is 2.34. The quantitative estimate of drug-likeness (QED) is 0.688. The topological polar surface area (TPSA) is 60.6 Å². The van der Waals surface area contributed by atoms with Crippen LogP contribution in [0, 0.1) is 6.92 Å². The minimum atomic E-state index is -3.03. The molecule has 138 valence electrons. The van der Waals surface area contributed by atoms with Gasteiger partial charge >= 0.3 is 0 Å². The van der Waals surface area contributed by atoms with Gasteiger partial charge in [-0.25, -0.2) is 18.4 Å². The predicted octanol–water partition coefficient (Wildman–Crippen LogP) is 3.46. The van der Waals surface area contributed by atoms with Crippen molar-refractivity contribution in [3.63, 3.8) is 0 Å². The highest BCUT2D eigenvalue weighted by molar-refractivity contribution is 6.30. The third-order valence-electron chi connectivity index (χ3n) is 4.04. The summed E-state index contributed by atoms with van der Waals surface area (Å²) >= 11 is 6.09. The molecule has 3 rings (SSSR count). The van der Waals surface area contributed by atoms with Gasteiger partial charge in [0.2, 0.25) is 0 Å². The van der Waals surface area contributed by atoms with Crippen LogP contribution in [0.15, 0.2) is 24.7 Å². The monoisotopic (exact) mass is 380 g/mol. The van der Waals surface area contributed by atoms with E-state index in [0.717, 1.165) is 23.6 Å². The molecule has 0 fully saturated rings. The van der Waals surface area contributed by atoms with E-state index in [4.69, 9.17) is 11.6 Å². The molecule has 0 unspecified atom stereocenters. The van der Waals surface area contributed by atoms with Crippen molar-refractivity contribution in [2.45, 2.75) is 26.3 Å². The summed E-state index contributed by atoms with van der Waals surface area (Å²) in [6.45, 7) is 2.99. The van der Waals surface area contributed by atoms with E-state index in [1.807, 2.05) is 13.1 Å². The molecule has 3 heterocycles. The molecule has 0 spiro atoms. The molecular weight excluding hydrogens is 362 g/mol. The Morgan fingerprint density at radius 1 is 1.27 bits per heavy atom. The lowest BCUT2D eigenvalue weighted by atomic mass is 10.1. The maximum absolute atomic E-state index is 14.1. The fraction of sp³-hybridized carbons (Fsp3) is 0.353. The third-order valence-corrected chi connectivity index (χ3v) is 4.38. The van der Waals surface area contributed by atoms with Crippen LogP contribution in [0.2, 0.25) is 5.15 Å². The zero-order valence-corrected chi connectivity index (χ0v) is 15.6. The summed E-state index contributed by atoms with van der Waals surface area (Å²) < 4.78 is 30.9. The van der Waals surface area contributed by atoms with Crippen LogP contribution < -0.4 is 5.32 Å². The lowest BCUT2D eigenvalue weighted by molar-refractivity contribution is 0.0166. The number of aryl methyl sites for hydroxylation is 2. The van der Waals surface area contributed by atoms with Gasteiger partial charge in [0.15, 0.2) is 5.82 Å². The van der Waals surface area contributed by atoms with Gasteiger partial charge < -0.3 is 5.32 Å². The molecule has 0 saturated carbocycles. The maximum Gasteiger partial charge on any atom is 0.275 e. The van der Waals surface area contributed by atoms with Crippen LogP contribution in [0.4, 0.5) is 8.78 Å². The van der Waals surface area contributed by atoms with Crippen molar-refractivity contribution in [2.75, 3.05) is 7.05 Å². The molecule has 1 N–H and O–H groups in total. The number of nitrogens with one attached hydrogen (secondary N) is 1. The zero-order valence-electron chi connectivity index (χ0n) is 14.9. The maximum atomic E-state index is 14.1. The molecule has 0 saturated heterocycles. The average molecular weight is 381 g/mol. The Morgan fingerprint density at radius 3 is 2.65 bits per heavy atom. The Bertz CT molecular complexity index is 941. The Morgan fingerprint density at radius 2 is 2.00 bits per heavy atom. The number of hydrogen-bond donors (Lipinski definition) is 1. The molecule has 0 aromatic carbocycles. The molecule has 0 aliphatic rings. The summed E-state index contributed by atoms with van der Waals surface area (Å²) in [5.41, 5.74) is 2.53. The van der Waals surface area contributed by atoms with Crippen molar-refractivity contribution >= 4 is 11.6 Å². The smallest absolute Gasteiger partial charge is 0.275 e. The van der Waals surface area contributed by atoms with E-state index in [2.05, 4.69) is 20.5 Å². The number of pyridine rings is 1. The van der Waals surface area contributed by atoms with E-state index >= 15 is 0 Å².